The van der Waals surface area contributed by atoms with Crippen molar-refractivity contribution < 1.29 is 41.0 Å². The summed E-state index contributed by atoms with van der Waals surface area (Å²) in [5.41, 5.74) is -3.44. The Bertz CT molecular complexity index is 1320. The average molecular weight is 527 g/mol. The van der Waals surface area contributed by atoms with Crippen LogP contribution in [0, 0.1) is 0 Å². The Balaban J connectivity index is 1.73. The van der Waals surface area contributed by atoms with Gasteiger partial charge in [0.25, 0.3) is 5.91 Å². The Morgan fingerprint density at radius 3 is 2.11 bits per heavy atom. The Kier molecular flexibility index (Phi) is 6.68. The molecule has 0 aliphatic carbocycles. The number of aromatic nitrogens is 5. The summed E-state index contributed by atoms with van der Waals surface area (Å²) in [6.45, 7) is -0.981. The molecule has 1 aliphatic rings. The second-order valence-corrected chi connectivity index (χ2v) is 7.65. The lowest BCUT2D eigenvalue weighted by atomic mass is 10.0. The monoisotopic (exact) mass is 527 g/mol. The maximum atomic E-state index is 13.2. The van der Waals surface area contributed by atoms with Crippen LogP contribution in [0.2, 0.25) is 0 Å². The van der Waals surface area contributed by atoms with E-state index in [1.54, 1.807) is 0 Å². The standard InChI is InChI=1S/C21H15F6N7O3/c22-20(23,24)14-3-13(4-15(5-14)21(25,26)27)17-30-11-32(31-17)9-16-18(36)33(1-2-35)19(37)34(16)8-12-6-28-10-29-7-12/h3-7,9-11,35H,1-2,8H2. The molecular weight excluding hydrogens is 512 g/mol. The number of halogens is 6. The van der Waals surface area contributed by atoms with Gasteiger partial charge in [-0.15, -0.1) is 5.10 Å². The number of benzene rings is 1. The molecule has 10 nitrogen and oxygen atoms in total. The number of hydrogen-bond donors (Lipinski definition) is 1. The van der Waals surface area contributed by atoms with Crippen LogP contribution >= 0.6 is 0 Å². The maximum absolute atomic E-state index is 13.2. The fourth-order valence-electron chi connectivity index (χ4n) is 3.44. The molecule has 16 heteroatoms. The van der Waals surface area contributed by atoms with Gasteiger partial charge in [-0.2, -0.15) is 26.3 Å². The predicted molar refractivity (Wildman–Crippen MR) is 112 cm³/mol. The Labute approximate surface area is 203 Å². The van der Waals surface area contributed by atoms with Crippen molar-refractivity contribution in [3.05, 3.63) is 65.6 Å². The van der Waals surface area contributed by atoms with Gasteiger partial charge in [-0.3, -0.25) is 14.6 Å². The lowest BCUT2D eigenvalue weighted by Gasteiger charge is -2.16. The van der Waals surface area contributed by atoms with Crippen LogP contribution in [-0.4, -0.2) is 64.7 Å². The number of aliphatic hydroxyl groups excluding tert-OH is 1. The Hall–Kier alpha value is -4.34. The van der Waals surface area contributed by atoms with Crippen molar-refractivity contribution in [3.8, 4) is 11.4 Å². The van der Waals surface area contributed by atoms with Crippen LogP contribution in [0.4, 0.5) is 31.1 Å². The van der Waals surface area contributed by atoms with E-state index in [9.17, 15) is 41.0 Å². The van der Waals surface area contributed by atoms with Gasteiger partial charge in [0.15, 0.2) is 5.82 Å². The number of alkyl halides is 6. The highest BCUT2D eigenvalue weighted by molar-refractivity contribution is 6.13. The normalized spacial score (nSPS) is 15.8. The Morgan fingerprint density at radius 1 is 0.919 bits per heavy atom. The smallest absolute Gasteiger partial charge is 0.395 e. The molecule has 4 rings (SSSR count). The molecule has 1 saturated heterocycles. The third-order valence-electron chi connectivity index (χ3n) is 5.10. The van der Waals surface area contributed by atoms with E-state index >= 15 is 0 Å². The first-order valence-corrected chi connectivity index (χ1v) is 10.3. The molecule has 194 valence electrons. The van der Waals surface area contributed by atoms with Crippen LogP contribution in [0.5, 0.6) is 0 Å². The third-order valence-corrected chi connectivity index (χ3v) is 5.10. The van der Waals surface area contributed by atoms with Crippen LogP contribution in [-0.2, 0) is 23.7 Å². The maximum Gasteiger partial charge on any atom is 0.416 e. The molecule has 0 radical (unpaired) electrons. The molecular formula is C21H15F6N7O3. The summed E-state index contributed by atoms with van der Waals surface area (Å²) in [5, 5.41) is 13.1. The summed E-state index contributed by atoms with van der Waals surface area (Å²) in [5.74, 6) is -1.30. The summed E-state index contributed by atoms with van der Waals surface area (Å²) in [7, 11) is 0. The minimum atomic E-state index is -5.06. The van der Waals surface area contributed by atoms with Crippen LogP contribution < -0.4 is 0 Å². The van der Waals surface area contributed by atoms with Crippen molar-refractivity contribution in [1.82, 2.24) is 34.5 Å². The van der Waals surface area contributed by atoms with Crippen LogP contribution in [0.1, 0.15) is 16.7 Å². The number of β-amino-alcohol motifs (C(OH)–C–C–N with tert-alkyl or cyclic N) is 1. The summed E-state index contributed by atoms with van der Waals surface area (Å²) in [6.07, 6.45) is -4.08. The van der Waals surface area contributed by atoms with Crippen molar-refractivity contribution in [1.29, 1.82) is 0 Å². The summed E-state index contributed by atoms with van der Waals surface area (Å²) >= 11 is 0. The first kappa shape index (κ1) is 25.7. The van der Waals surface area contributed by atoms with E-state index in [-0.39, 0.29) is 24.9 Å². The minimum Gasteiger partial charge on any atom is -0.395 e. The van der Waals surface area contributed by atoms with E-state index in [1.807, 2.05) is 0 Å². The number of urea groups is 1. The van der Waals surface area contributed by atoms with Gasteiger partial charge >= 0.3 is 18.4 Å². The highest BCUT2D eigenvalue weighted by Gasteiger charge is 2.41. The van der Waals surface area contributed by atoms with E-state index < -0.39 is 53.4 Å². The van der Waals surface area contributed by atoms with Crippen LogP contribution in [0.15, 0.2) is 48.9 Å². The number of amides is 3. The summed E-state index contributed by atoms with van der Waals surface area (Å²) in [4.78, 5) is 38.8. The first-order chi connectivity index (χ1) is 17.4. The molecule has 37 heavy (non-hydrogen) atoms. The highest BCUT2D eigenvalue weighted by Crippen LogP contribution is 2.38. The quantitative estimate of drug-likeness (QED) is 0.298. The molecule has 1 fully saturated rings. The predicted octanol–water partition coefficient (Wildman–Crippen LogP) is 3.03. The van der Waals surface area contributed by atoms with Crippen molar-refractivity contribution in [2.75, 3.05) is 13.2 Å². The van der Waals surface area contributed by atoms with Gasteiger partial charge in [-0.1, -0.05) is 0 Å². The zero-order valence-corrected chi connectivity index (χ0v) is 18.4. The number of aliphatic hydroxyl groups is 1. The van der Waals surface area contributed by atoms with Crippen molar-refractivity contribution >= 4 is 18.1 Å². The van der Waals surface area contributed by atoms with Gasteiger partial charge in [0.05, 0.1) is 37.0 Å². The summed E-state index contributed by atoms with van der Waals surface area (Å²) in [6, 6.07) is 0.141. The number of rotatable bonds is 6. The molecule has 1 aliphatic heterocycles. The number of carbonyl (C=O) groups is 2. The lowest BCUT2D eigenvalue weighted by Crippen LogP contribution is -2.34. The van der Waals surface area contributed by atoms with Crippen molar-refractivity contribution in [2.45, 2.75) is 18.9 Å². The number of nitrogens with zero attached hydrogens (tertiary/aromatic N) is 7. The Morgan fingerprint density at radius 2 is 1.54 bits per heavy atom. The molecule has 3 aromatic rings. The van der Waals surface area contributed by atoms with Gasteiger partial charge < -0.3 is 5.11 Å². The van der Waals surface area contributed by atoms with Gasteiger partial charge in [-0.25, -0.2) is 24.4 Å². The number of imide groups is 1. The van der Waals surface area contributed by atoms with Gasteiger partial charge in [0, 0.05) is 23.5 Å². The SMILES string of the molecule is O=C1C(=Cn2cnc(-c3cc(C(F)(F)F)cc(C(F)(F)F)c3)n2)N(Cc2cncnc2)C(=O)N1CCO. The van der Waals surface area contributed by atoms with Crippen molar-refractivity contribution in [2.24, 2.45) is 0 Å². The van der Waals surface area contributed by atoms with Crippen LogP contribution in [0.3, 0.4) is 0 Å². The fourth-order valence-corrected chi connectivity index (χ4v) is 3.44. The first-order valence-electron chi connectivity index (χ1n) is 10.3. The fraction of sp³-hybridized carbons (Fsp3) is 0.238. The average Bonchev–Trinajstić information content (AvgIpc) is 3.39. The van der Waals surface area contributed by atoms with E-state index in [4.69, 9.17) is 0 Å². The van der Waals surface area contributed by atoms with Gasteiger partial charge in [-0.05, 0) is 18.2 Å². The molecule has 0 atom stereocenters. The molecule has 3 heterocycles. The zero-order chi connectivity index (χ0) is 27.0. The molecule has 0 spiro atoms. The molecule has 0 unspecified atom stereocenters. The highest BCUT2D eigenvalue weighted by atomic mass is 19.4. The number of carbonyl (C=O) groups excluding carboxylic acids is 2. The molecule has 0 saturated carbocycles. The zero-order valence-electron chi connectivity index (χ0n) is 18.4. The van der Waals surface area contributed by atoms with Crippen LogP contribution in [0.25, 0.3) is 17.6 Å². The van der Waals surface area contributed by atoms with E-state index in [2.05, 4.69) is 20.1 Å². The number of hydrogen-bond acceptors (Lipinski definition) is 7. The lowest BCUT2D eigenvalue weighted by molar-refractivity contribution is -0.143. The second kappa shape index (κ2) is 9.61. The molecule has 1 aromatic carbocycles. The largest absolute Gasteiger partial charge is 0.416 e. The summed E-state index contributed by atoms with van der Waals surface area (Å²) < 4.78 is 80.1. The van der Waals surface area contributed by atoms with Crippen molar-refractivity contribution in [3.63, 3.8) is 0 Å². The topological polar surface area (TPSA) is 117 Å². The van der Waals surface area contributed by atoms with E-state index in [1.165, 1.54) is 18.7 Å². The minimum absolute atomic E-state index is 0.0216. The van der Waals surface area contributed by atoms with E-state index in [0.29, 0.717) is 17.7 Å². The van der Waals surface area contributed by atoms with Gasteiger partial charge in [0.2, 0.25) is 0 Å². The van der Waals surface area contributed by atoms with E-state index in [0.717, 1.165) is 27.0 Å². The molecule has 1 N–H and O–H groups in total. The van der Waals surface area contributed by atoms with Gasteiger partial charge in [0.1, 0.15) is 18.4 Å². The third kappa shape index (κ3) is 5.42. The molecule has 0 bridgehead atoms. The second-order valence-electron chi connectivity index (χ2n) is 7.65. The molecule has 2 aromatic heterocycles. The molecule has 3 amide bonds.